The molecule has 1 fully saturated rings. The highest BCUT2D eigenvalue weighted by Gasteiger charge is 2.44. The molecule has 0 amide bonds. The number of likely N-dealkylation sites (N-methyl/N-ethyl adjacent to an activating group) is 1. The van der Waals surface area contributed by atoms with Crippen LogP contribution in [0.25, 0.3) is 0 Å². The lowest BCUT2D eigenvalue weighted by Gasteiger charge is -2.42. The summed E-state index contributed by atoms with van der Waals surface area (Å²) in [7, 11) is 1.82. The first-order valence-corrected chi connectivity index (χ1v) is 6.43. The number of pyridine rings is 1. The van der Waals surface area contributed by atoms with Gasteiger partial charge in [0.15, 0.2) is 0 Å². The van der Waals surface area contributed by atoms with Gasteiger partial charge in [0, 0.05) is 19.4 Å². The number of thiocarbonyl (C=S) groups is 1. The average molecular weight is 250 g/mol. The quantitative estimate of drug-likeness (QED) is 0.786. The molecule has 1 heterocycles. The number of nitrogens with one attached hydrogen (secondary N) is 1. The highest BCUT2D eigenvalue weighted by Crippen LogP contribution is 2.40. The van der Waals surface area contributed by atoms with Crippen LogP contribution >= 0.6 is 12.2 Å². The highest BCUT2D eigenvalue weighted by molar-refractivity contribution is 7.80. The maximum absolute atomic E-state index is 10.4. The molecule has 0 spiro atoms. The van der Waals surface area contributed by atoms with Crippen LogP contribution in [0.15, 0.2) is 24.5 Å². The zero-order valence-corrected chi connectivity index (χ0v) is 10.8. The van der Waals surface area contributed by atoms with Crippen molar-refractivity contribution in [3.8, 4) is 0 Å². The molecule has 3 nitrogen and oxygen atoms in total. The van der Waals surface area contributed by atoms with E-state index in [0.29, 0.717) is 0 Å². The molecule has 1 aromatic rings. The van der Waals surface area contributed by atoms with E-state index in [0.717, 1.165) is 36.2 Å². The third-order valence-electron chi connectivity index (χ3n) is 3.68. The van der Waals surface area contributed by atoms with Crippen LogP contribution in [-0.4, -0.2) is 28.2 Å². The molecule has 1 saturated carbocycles. The van der Waals surface area contributed by atoms with Crippen molar-refractivity contribution in [2.45, 2.75) is 37.2 Å². The summed E-state index contributed by atoms with van der Waals surface area (Å²) in [4.78, 5) is 4.88. The van der Waals surface area contributed by atoms with E-state index in [2.05, 4.69) is 10.3 Å². The van der Waals surface area contributed by atoms with Crippen LogP contribution in [0.5, 0.6) is 0 Å². The Bertz CT molecular complexity index is 396. The van der Waals surface area contributed by atoms with E-state index in [9.17, 15) is 5.11 Å². The van der Waals surface area contributed by atoms with Crippen LogP contribution in [0.1, 0.15) is 31.2 Å². The summed E-state index contributed by atoms with van der Waals surface area (Å²) in [5, 5.41) is 13.5. The number of nitrogens with zero attached hydrogens (tertiary/aromatic N) is 1. The van der Waals surface area contributed by atoms with Crippen LogP contribution < -0.4 is 5.32 Å². The van der Waals surface area contributed by atoms with Crippen molar-refractivity contribution in [2.75, 3.05) is 7.05 Å². The Morgan fingerprint density at radius 3 is 3.00 bits per heavy atom. The first kappa shape index (κ1) is 12.5. The number of hydrogen-bond acceptors (Lipinski definition) is 3. The third kappa shape index (κ3) is 2.07. The van der Waals surface area contributed by atoms with Gasteiger partial charge < -0.3 is 10.4 Å². The molecule has 1 aliphatic carbocycles. The summed E-state index contributed by atoms with van der Waals surface area (Å²) >= 11 is 5.45. The molecule has 4 heteroatoms. The topological polar surface area (TPSA) is 45.2 Å². The van der Waals surface area contributed by atoms with Gasteiger partial charge in [0.05, 0.1) is 16.5 Å². The average Bonchev–Trinajstić information content (AvgIpc) is 2.39. The molecule has 0 unspecified atom stereocenters. The molecule has 2 N–H and O–H groups in total. The van der Waals surface area contributed by atoms with Crippen LogP contribution in [0.4, 0.5) is 0 Å². The Morgan fingerprint density at radius 1 is 1.59 bits per heavy atom. The predicted molar refractivity (Wildman–Crippen MR) is 72.0 cm³/mol. The summed E-state index contributed by atoms with van der Waals surface area (Å²) in [5.74, 6) is 0. The fraction of sp³-hybridized carbons (Fsp3) is 0.538. The SMILES string of the molecule is CNC(=S)[C@@]1(c2cccnc2)CCCC[C@H]1O. The van der Waals surface area contributed by atoms with Crippen molar-refractivity contribution >= 4 is 17.2 Å². The second-order valence-electron chi connectivity index (χ2n) is 4.55. The van der Waals surface area contributed by atoms with Crippen molar-refractivity contribution in [1.29, 1.82) is 0 Å². The normalized spacial score (nSPS) is 28.7. The summed E-state index contributed by atoms with van der Waals surface area (Å²) in [6.07, 6.45) is 6.99. The number of aromatic nitrogens is 1. The van der Waals surface area contributed by atoms with E-state index in [-0.39, 0.29) is 0 Å². The lowest BCUT2D eigenvalue weighted by atomic mass is 9.67. The van der Waals surface area contributed by atoms with Crippen LogP contribution in [0, 0.1) is 0 Å². The second kappa shape index (κ2) is 5.10. The van der Waals surface area contributed by atoms with E-state index in [1.165, 1.54) is 0 Å². The van der Waals surface area contributed by atoms with Crippen molar-refractivity contribution in [2.24, 2.45) is 0 Å². The minimum Gasteiger partial charge on any atom is -0.392 e. The first-order chi connectivity index (χ1) is 8.21. The molecule has 0 bridgehead atoms. The number of hydrogen-bond donors (Lipinski definition) is 2. The Labute approximate surface area is 107 Å². The lowest BCUT2D eigenvalue weighted by molar-refractivity contribution is 0.0776. The summed E-state index contributed by atoms with van der Waals surface area (Å²) in [6, 6.07) is 3.90. The van der Waals surface area contributed by atoms with Crippen molar-refractivity contribution < 1.29 is 5.11 Å². The Kier molecular flexibility index (Phi) is 3.74. The maximum Gasteiger partial charge on any atom is 0.0884 e. The summed E-state index contributed by atoms with van der Waals surface area (Å²) < 4.78 is 0. The zero-order chi connectivity index (χ0) is 12.3. The molecule has 0 radical (unpaired) electrons. The maximum atomic E-state index is 10.4. The van der Waals surface area contributed by atoms with Crippen LogP contribution in [0.2, 0.25) is 0 Å². The standard InChI is InChI=1S/C13H18N2OS/c1-14-12(17)13(7-3-2-6-11(13)16)10-5-4-8-15-9-10/h4-5,8-9,11,16H,2-3,6-7H2,1H3,(H,14,17)/t11-,13-/m1/s1. The lowest BCUT2D eigenvalue weighted by Crippen LogP contribution is -2.52. The van der Waals surface area contributed by atoms with Gasteiger partial charge in [0.25, 0.3) is 0 Å². The number of aliphatic hydroxyl groups is 1. The van der Waals surface area contributed by atoms with Gasteiger partial charge in [-0.15, -0.1) is 0 Å². The van der Waals surface area contributed by atoms with Gasteiger partial charge >= 0.3 is 0 Å². The summed E-state index contributed by atoms with van der Waals surface area (Å²) in [5.41, 5.74) is 0.572. The van der Waals surface area contributed by atoms with Crippen LogP contribution in [0.3, 0.4) is 0 Å². The number of rotatable bonds is 2. The van der Waals surface area contributed by atoms with Gasteiger partial charge in [0.1, 0.15) is 0 Å². The van der Waals surface area contributed by atoms with Crippen molar-refractivity contribution in [3.63, 3.8) is 0 Å². The molecule has 1 aromatic heterocycles. The van der Waals surface area contributed by atoms with Gasteiger partial charge in [-0.3, -0.25) is 4.98 Å². The molecule has 17 heavy (non-hydrogen) atoms. The van der Waals surface area contributed by atoms with Gasteiger partial charge in [-0.25, -0.2) is 0 Å². The monoisotopic (exact) mass is 250 g/mol. The zero-order valence-electron chi connectivity index (χ0n) is 10.0. The molecule has 1 aliphatic rings. The summed E-state index contributed by atoms with van der Waals surface area (Å²) in [6.45, 7) is 0. The minimum absolute atomic E-state index is 0.416. The van der Waals surface area contributed by atoms with Gasteiger partial charge in [0.2, 0.25) is 0 Å². The van der Waals surface area contributed by atoms with Gasteiger partial charge in [-0.1, -0.05) is 31.1 Å². The van der Waals surface area contributed by atoms with E-state index in [1.807, 2.05) is 25.4 Å². The predicted octanol–water partition coefficient (Wildman–Crippen LogP) is 1.80. The fourth-order valence-corrected chi connectivity index (χ4v) is 3.09. The van der Waals surface area contributed by atoms with Gasteiger partial charge in [-0.05, 0) is 24.5 Å². The van der Waals surface area contributed by atoms with E-state index in [4.69, 9.17) is 12.2 Å². The second-order valence-corrected chi connectivity index (χ2v) is 4.96. The number of aliphatic hydroxyl groups excluding tert-OH is 1. The Morgan fingerprint density at radius 2 is 2.41 bits per heavy atom. The van der Waals surface area contributed by atoms with E-state index < -0.39 is 11.5 Å². The molecular formula is C13H18N2OS. The van der Waals surface area contributed by atoms with Crippen molar-refractivity contribution in [3.05, 3.63) is 30.1 Å². The minimum atomic E-state index is -0.448. The molecular weight excluding hydrogens is 232 g/mol. The van der Waals surface area contributed by atoms with Gasteiger partial charge in [-0.2, -0.15) is 0 Å². The smallest absolute Gasteiger partial charge is 0.0884 e. The van der Waals surface area contributed by atoms with E-state index in [1.54, 1.807) is 6.20 Å². The van der Waals surface area contributed by atoms with Crippen LogP contribution in [-0.2, 0) is 5.41 Å². The van der Waals surface area contributed by atoms with Crippen molar-refractivity contribution in [1.82, 2.24) is 10.3 Å². The Balaban J connectivity index is 2.46. The molecule has 2 rings (SSSR count). The molecule has 0 aliphatic heterocycles. The molecule has 2 atom stereocenters. The molecule has 0 saturated heterocycles. The highest BCUT2D eigenvalue weighted by atomic mass is 32.1. The molecule has 0 aromatic carbocycles. The Hall–Kier alpha value is -1.00. The first-order valence-electron chi connectivity index (χ1n) is 6.02. The molecule has 92 valence electrons. The van der Waals surface area contributed by atoms with E-state index >= 15 is 0 Å². The fourth-order valence-electron chi connectivity index (χ4n) is 2.74. The third-order valence-corrected chi connectivity index (χ3v) is 4.24. The largest absolute Gasteiger partial charge is 0.392 e.